The highest BCUT2D eigenvalue weighted by Crippen LogP contribution is 2.27. The Morgan fingerprint density at radius 2 is 2.07 bits per heavy atom. The van der Waals surface area contributed by atoms with Crippen molar-refractivity contribution in [1.82, 2.24) is 4.98 Å². The van der Waals surface area contributed by atoms with Crippen LogP contribution in [0.5, 0.6) is 0 Å². The van der Waals surface area contributed by atoms with Crippen molar-refractivity contribution in [2.24, 2.45) is 0 Å². The zero-order valence-corrected chi connectivity index (χ0v) is 7.88. The molecule has 1 heterocycles. The third kappa shape index (κ3) is 3.53. The van der Waals surface area contributed by atoms with Crippen LogP contribution >= 0.6 is 0 Å². The minimum atomic E-state index is -4.43. The number of halogens is 3. The highest BCUT2D eigenvalue weighted by atomic mass is 19.4. The molecule has 0 aliphatic carbocycles. The van der Waals surface area contributed by atoms with E-state index in [-0.39, 0.29) is 5.78 Å². The maximum atomic E-state index is 12.1. The summed E-state index contributed by atoms with van der Waals surface area (Å²) in [5.74, 6) is -0.171. The highest BCUT2D eigenvalue weighted by molar-refractivity contribution is 5.91. The summed E-state index contributed by atoms with van der Waals surface area (Å²) in [7, 11) is 0. The van der Waals surface area contributed by atoms with E-state index in [1.807, 2.05) is 0 Å². The molecule has 0 aromatic carbocycles. The van der Waals surface area contributed by atoms with Gasteiger partial charge in [-0.15, -0.1) is 0 Å². The van der Waals surface area contributed by atoms with E-state index in [1.165, 1.54) is 25.1 Å². The van der Waals surface area contributed by atoms with Gasteiger partial charge in [-0.3, -0.25) is 9.78 Å². The average molecular weight is 215 g/mol. The maximum Gasteiger partial charge on any atom is 0.433 e. The van der Waals surface area contributed by atoms with Crippen molar-refractivity contribution in [2.75, 3.05) is 0 Å². The topological polar surface area (TPSA) is 30.0 Å². The van der Waals surface area contributed by atoms with Crippen LogP contribution in [0.2, 0.25) is 0 Å². The van der Waals surface area contributed by atoms with Crippen LogP contribution < -0.4 is 0 Å². The number of carbonyl (C=O) groups is 1. The molecule has 0 radical (unpaired) electrons. The fourth-order valence-electron chi connectivity index (χ4n) is 0.885. The smallest absolute Gasteiger partial charge is 0.295 e. The second kappa shape index (κ2) is 4.25. The minimum Gasteiger partial charge on any atom is -0.295 e. The number of carbonyl (C=O) groups excluding carboxylic acids is 1. The van der Waals surface area contributed by atoms with Crippen LogP contribution in [0.3, 0.4) is 0 Å². The molecule has 5 heteroatoms. The first-order valence-electron chi connectivity index (χ1n) is 4.11. The summed E-state index contributed by atoms with van der Waals surface area (Å²) in [6, 6.07) is 2.13. The molecule has 0 N–H and O–H groups in total. The molecule has 0 atom stereocenters. The molecule has 0 saturated carbocycles. The van der Waals surface area contributed by atoms with Gasteiger partial charge in [-0.2, -0.15) is 13.2 Å². The normalized spacial score (nSPS) is 12.0. The fraction of sp³-hybridized carbons (Fsp3) is 0.200. The zero-order valence-electron chi connectivity index (χ0n) is 7.88. The van der Waals surface area contributed by atoms with Gasteiger partial charge in [0, 0.05) is 6.20 Å². The van der Waals surface area contributed by atoms with Crippen molar-refractivity contribution >= 4 is 11.9 Å². The molecule has 0 spiro atoms. The third-order valence-corrected chi connectivity index (χ3v) is 1.59. The second-order valence-electron chi connectivity index (χ2n) is 2.92. The molecule has 0 aliphatic heterocycles. The van der Waals surface area contributed by atoms with Gasteiger partial charge in [0.05, 0.1) is 0 Å². The second-order valence-corrected chi connectivity index (χ2v) is 2.92. The van der Waals surface area contributed by atoms with Crippen LogP contribution in [0, 0.1) is 0 Å². The standard InChI is InChI=1S/C10H8F3NO/c1-7(15)2-3-8-4-5-9(14-6-8)10(11,12)13/h2-6H,1H3/b3-2+. The number of pyridine rings is 1. The largest absolute Gasteiger partial charge is 0.433 e. The maximum absolute atomic E-state index is 12.1. The first kappa shape index (κ1) is 11.4. The Bertz CT molecular complexity index is 379. The van der Waals surface area contributed by atoms with E-state index in [2.05, 4.69) is 4.98 Å². The Balaban J connectivity index is 2.86. The number of allylic oxidation sites excluding steroid dienone is 1. The fourth-order valence-corrected chi connectivity index (χ4v) is 0.885. The molecule has 2 nitrogen and oxygen atoms in total. The lowest BCUT2D eigenvalue weighted by molar-refractivity contribution is -0.141. The molecule has 0 aliphatic rings. The van der Waals surface area contributed by atoms with E-state index in [4.69, 9.17) is 0 Å². The minimum absolute atomic E-state index is 0.171. The van der Waals surface area contributed by atoms with Crippen LogP contribution in [0.1, 0.15) is 18.2 Å². The van der Waals surface area contributed by atoms with Crippen molar-refractivity contribution in [3.8, 4) is 0 Å². The Labute approximate surface area is 84.4 Å². The summed E-state index contributed by atoms with van der Waals surface area (Å²) in [5.41, 5.74) is -0.485. The summed E-state index contributed by atoms with van der Waals surface area (Å²) >= 11 is 0. The van der Waals surface area contributed by atoms with Crippen LogP contribution in [-0.4, -0.2) is 10.8 Å². The number of aromatic nitrogens is 1. The molecule has 0 fully saturated rings. The molecule has 0 bridgehead atoms. The molecular formula is C10H8F3NO. The lowest BCUT2D eigenvalue weighted by Gasteiger charge is -2.04. The molecule has 0 amide bonds. The predicted molar refractivity (Wildman–Crippen MR) is 49.0 cm³/mol. The quantitative estimate of drug-likeness (QED) is 0.710. The Morgan fingerprint density at radius 3 is 2.47 bits per heavy atom. The molecular weight excluding hydrogens is 207 g/mol. The summed E-state index contributed by atoms with van der Waals surface area (Å²) < 4.78 is 36.3. The molecule has 0 unspecified atom stereocenters. The molecule has 15 heavy (non-hydrogen) atoms. The van der Waals surface area contributed by atoms with Crippen molar-refractivity contribution < 1.29 is 18.0 Å². The van der Waals surface area contributed by atoms with Crippen molar-refractivity contribution in [2.45, 2.75) is 13.1 Å². The first-order chi connectivity index (χ1) is 6.89. The van der Waals surface area contributed by atoms with E-state index in [0.29, 0.717) is 5.56 Å². The van der Waals surface area contributed by atoms with E-state index < -0.39 is 11.9 Å². The summed E-state index contributed by atoms with van der Waals surface area (Å²) in [6.07, 6.45) is -0.676. The van der Waals surface area contributed by atoms with Gasteiger partial charge in [-0.1, -0.05) is 6.07 Å². The SMILES string of the molecule is CC(=O)/C=C/c1ccc(C(F)(F)F)nc1. The number of alkyl halides is 3. The number of nitrogens with zero attached hydrogens (tertiary/aromatic N) is 1. The van der Waals surface area contributed by atoms with E-state index in [1.54, 1.807) is 0 Å². The molecule has 1 rings (SSSR count). The van der Waals surface area contributed by atoms with Gasteiger partial charge in [0.25, 0.3) is 0 Å². The van der Waals surface area contributed by atoms with Gasteiger partial charge < -0.3 is 0 Å². The van der Waals surface area contributed by atoms with E-state index in [9.17, 15) is 18.0 Å². The van der Waals surface area contributed by atoms with Crippen LogP contribution in [0.15, 0.2) is 24.4 Å². The predicted octanol–water partition coefficient (Wildman–Crippen LogP) is 2.70. The Morgan fingerprint density at radius 1 is 1.40 bits per heavy atom. The molecule has 1 aromatic heterocycles. The Kier molecular flexibility index (Phi) is 3.24. The van der Waals surface area contributed by atoms with Crippen LogP contribution in [-0.2, 0) is 11.0 Å². The van der Waals surface area contributed by atoms with Crippen LogP contribution in [0.25, 0.3) is 6.08 Å². The lowest BCUT2D eigenvalue weighted by atomic mass is 10.2. The lowest BCUT2D eigenvalue weighted by Crippen LogP contribution is -2.07. The summed E-state index contributed by atoms with van der Waals surface area (Å²) in [5, 5.41) is 0. The number of hydrogen-bond acceptors (Lipinski definition) is 2. The molecule has 0 saturated heterocycles. The van der Waals surface area contributed by atoms with E-state index in [0.717, 1.165) is 12.3 Å². The van der Waals surface area contributed by atoms with Gasteiger partial charge in [-0.25, -0.2) is 0 Å². The van der Waals surface area contributed by atoms with E-state index >= 15 is 0 Å². The number of ketones is 1. The van der Waals surface area contributed by atoms with Gasteiger partial charge in [-0.05, 0) is 30.7 Å². The van der Waals surface area contributed by atoms with Crippen molar-refractivity contribution in [3.05, 3.63) is 35.7 Å². The average Bonchev–Trinajstić information content (AvgIpc) is 2.14. The summed E-state index contributed by atoms with van der Waals surface area (Å²) in [6.45, 7) is 1.36. The van der Waals surface area contributed by atoms with Crippen LogP contribution in [0.4, 0.5) is 13.2 Å². The zero-order chi connectivity index (χ0) is 11.5. The van der Waals surface area contributed by atoms with Gasteiger partial charge in [0.15, 0.2) is 5.78 Å². The highest BCUT2D eigenvalue weighted by Gasteiger charge is 2.31. The monoisotopic (exact) mass is 215 g/mol. The molecule has 1 aromatic rings. The van der Waals surface area contributed by atoms with Gasteiger partial charge >= 0.3 is 6.18 Å². The Hall–Kier alpha value is -1.65. The van der Waals surface area contributed by atoms with Gasteiger partial charge in [0.2, 0.25) is 0 Å². The number of hydrogen-bond donors (Lipinski definition) is 0. The van der Waals surface area contributed by atoms with Crippen molar-refractivity contribution in [3.63, 3.8) is 0 Å². The first-order valence-corrected chi connectivity index (χ1v) is 4.11. The number of rotatable bonds is 2. The van der Waals surface area contributed by atoms with Crippen molar-refractivity contribution in [1.29, 1.82) is 0 Å². The molecule has 80 valence electrons. The summed E-state index contributed by atoms with van der Waals surface area (Å²) in [4.78, 5) is 13.8. The van der Waals surface area contributed by atoms with Gasteiger partial charge in [0.1, 0.15) is 5.69 Å². The third-order valence-electron chi connectivity index (χ3n) is 1.59.